The number of imidazole rings is 1. The van der Waals surface area contributed by atoms with Crippen LogP contribution in [0.3, 0.4) is 0 Å². The summed E-state index contributed by atoms with van der Waals surface area (Å²) in [4.78, 5) is 18.1. The molecule has 30 heavy (non-hydrogen) atoms. The summed E-state index contributed by atoms with van der Waals surface area (Å²) in [5.41, 5.74) is 2.56. The number of benzene rings is 1. The first kappa shape index (κ1) is 21.5. The Morgan fingerprint density at radius 3 is 2.87 bits per heavy atom. The monoisotopic (exact) mass is 412 g/mol. The molecule has 2 amide bonds. The highest BCUT2D eigenvalue weighted by molar-refractivity contribution is 5.73. The summed E-state index contributed by atoms with van der Waals surface area (Å²) >= 11 is 0. The second-order valence-electron chi connectivity index (χ2n) is 7.46. The van der Waals surface area contributed by atoms with E-state index in [0.717, 1.165) is 48.5 Å². The summed E-state index contributed by atoms with van der Waals surface area (Å²) in [6.45, 7) is 1.28. The van der Waals surface area contributed by atoms with Crippen molar-refractivity contribution in [2.45, 2.75) is 32.1 Å². The van der Waals surface area contributed by atoms with Gasteiger partial charge in [0.25, 0.3) is 0 Å². The van der Waals surface area contributed by atoms with E-state index in [-0.39, 0.29) is 11.8 Å². The maximum Gasteiger partial charge on any atom is 0.317 e. The summed E-state index contributed by atoms with van der Waals surface area (Å²) in [7, 11) is 3.76. The minimum Gasteiger partial charge on any atom is -0.338 e. The van der Waals surface area contributed by atoms with E-state index in [1.54, 1.807) is 17.2 Å². The number of unbranched alkanes of at least 4 members (excludes halogenated alkanes) is 2. The molecule has 3 aromatic rings. The molecule has 2 heterocycles. The lowest BCUT2D eigenvalue weighted by molar-refractivity contribution is 0.208. The lowest BCUT2D eigenvalue weighted by Gasteiger charge is -2.17. The number of halogens is 1. The fourth-order valence-corrected chi connectivity index (χ4v) is 3.28. The van der Waals surface area contributed by atoms with Crippen LogP contribution in [0, 0.1) is 5.82 Å². The van der Waals surface area contributed by atoms with Crippen molar-refractivity contribution >= 4 is 6.03 Å². The van der Waals surface area contributed by atoms with Crippen molar-refractivity contribution in [3.63, 3.8) is 0 Å². The van der Waals surface area contributed by atoms with Crippen LogP contribution in [-0.2, 0) is 19.9 Å². The first-order valence-corrected chi connectivity index (χ1v) is 10.3. The SMILES string of the molecule is CN(CCCCCc1cc(-c2cccc(F)c2)n[nH]1)C(=O)NCCc1nccn1C. The number of aromatic nitrogens is 4. The molecule has 0 radical (unpaired) electrons. The lowest BCUT2D eigenvalue weighted by atomic mass is 10.1. The average molecular weight is 413 g/mol. The van der Waals surface area contributed by atoms with Crippen LogP contribution in [0.2, 0.25) is 0 Å². The number of nitrogens with zero attached hydrogens (tertiary/aromatic N) is 4. The Morgan fingerprint density at radius 1 is 1.23 bits per heavy atom. The summed E-state index contributed by atoms with van der Waals surface area (Å²) in [6.07, 6.45) is 8.20. The molecule has 0 aliphatic heterocycles. The van der Waals surface area contributed by atoms with E-state index in [0.29, 0.717) is 19.5 Å². The fourth-order valence-electron chi connectivity index (χ4n) is 3.28. The molecule has 0 aliphatic rings. The smallest absolute Gasteiger partial charge is 0.317 e. The van der Waals surface area contributed by atoms with E-state index in [9.17, 15) is 9.18 Å². The normalized spacial score (nSPS) is 10.9. The maximum absolute atomic E-state index is 13.3. The van der Waals surface area contributed by atoms with Gasteiger partial charge in [-0.3, -0.25) is 5.10 Å². The van der Waals surface area contributed by atoms with Crippen molar-refractivity contribution < 1.29 is 9.18 Å². The Bertz CT molecular complexity index is 951. The van der Waals surface area contributed by atoms with Crippen molar-refractivity contribution in [1.29, 1.82) is 0 Å². The zero-order chi connectivity index (χ0) is 21.3. The van der Waals surface area contributed by atoms with E-state index in [4.69, 9.17) is 0 Å². The van der Waals surface area contributed by atoms with Crippen LogP contribution in [0.5, 0.6) is 0 Å². The zero-order valence-electron chi connectivity index (χ0n) is 17.6. The highest BCUT2D eigenvalue weighted by Crippen LogP contribution is 2.19. The number of nitrogens with one attached hydrogen (secondary N) is 2. The number of carbonyl (C=O) groups excluding carboxylic acids is 1. The van der Waals surface area contributed by atoms with Crippen molar-refractivity contribution in [3.05, 3.63) is 60.1 Å². The molecule has 2 aromatic heterocycles. The largest absolute Gasteiger partial charge is 0.338 e. The Hall–Kier alpha value is -3.16. The molecular formula is C22H29FN6O. The lowest BCUT2D eigenvalue weighted by Crippen LogP contribution is -2.38. The highest BCUT2D eigenvalue weighted by Gasteiger charge is 2.09. The number of carbonyl (C=O) groups is 1. The van der Waals surface area contributed by atoms with Gasteiger partial charge in [-0.2, -0.15) is 5.10 Å². The van der Waals surface area contributed by atoms with Crippen LogP contribution in [0.1, 0.15) is 30.8 Å². The number of urea groups is 1. The average Bonchev–Trinajstić information content (AvgIpc) is 3.37. The van der Waals surface area contributed by atoms with Crippen LogP contribution in [0.4, 0.5) is 9.18 Å². The molecule has 8 heteroatoms. The fraction of sp³-hybridized carbons (Fsp3) is 0.409. The maximum atomic E-state index is 13.3. The minimum absolute atomic E-state index is 0.0579. The van der Waals surface area contributed by atoms with Crippen LogP contribution in [0.25, 0.3) is 11.3 Å². The third-order valence-electron chi connectivity index (χ3n) is 5.08. The molecule has 0 spiro atoms. The molecule has 0 saturated heterocycles. The Kier molecular flexibility index (Phi) is 7.59. The highest BCUT2D eigenvalue weighted by atomic mass is 19.1. The predicted molar refractivity (Wildman–Crippen MR) is 114 cm³/mol. The van der Waals surface area contributed by atoms with Gasteiger partial charge in [-0.05, 0) is 37.5 Å². The molecule has 0 saturated carbocycles. The predicted octanol–water partition coefficient (Wildman–Crippen LogP) is 3.55. The van der Waals surface area contributed by atoms with E-state index in [2.05, 4.69) is 20.5 Å². The van der Waals surface area contributed by atoms with Crippen molar-refractivity contribution in [1.82, 2.24) is 30.0 Å². The molecule has 0 aliphatic carbocycles. The minimum atomic E-state index is -0.262. The quantitative estimate of drug-likeness (QED) is 0.500. The van der Waals surface area contributed by atoms with Gasteiger partial charge in [0.1, 0.15) is 11.6 Å². The third-order valence-corrected chi connectivity index (χ3v) is 5.08. The Balaban J connectivity index is 1.30. The number of amides is 2. The van der Waals surface area contributed by atoms with Gasteiger partial charge in [-0.15, -0.1) is 0 Å². The van der Waals surface area contributed by atoms with Crippen LogP contribution < -0.4 is 5.32 Å². The van der Waals surface area contributed by atoms with Gasteiger partial charge in [0, 0.05) is 57.3 Å². The standard InChI is InChI=1S/C22H29FN6O/c1-28-14-12-24-21(28)10-11-25-22(30)29(2)13-5-3-4-9-19-16-20(27-26-19)17-7-6-8-18(23)15-17/h6-8,12,14-16H,3-5,9-11,13H2,1-2H3,(H,25,30)(H,26,27). The van der Waals surface area contributed by atoms with E-state index >= 15 is 0 Å². The Labute approximate surface area is 176 Å². The second kappa shape index (κ2) is 10.6. The Morgan fingerprint density at radius 2 is 2.10 bits per heavy atom. The topological polar surface area (TPSA) is 78.8 Å². The van der Waals surface area contributed by atoms with E-state index in [1.807, 2.05) is 37.0 Å². The van der Waals surface area contributed by atoms with Gasteiger partial charge in [0.15, 0.2) is 0 Å². The number of hydrogen-bond acceptors (Lipinski definition) is 3. The van der Waals surface area contributed by atoms with Crippen LogP contribution in [0.15, 0.2) is 42.7 Å². The van der Waals surface area contributed by atoms with Gasteiger partial charge in [-0.1, -0.05) is 18.6 Å². The van der Waals surface area contributed by atoms with Gasteiger partial charge in [0.2, 0.25) is 0 Å². The molecule has 0 fully saturated rings. The molecule has 7 nitrogen and oxygen atoms in total. The summed E-state index contributed by atoms with van der Waals surface area (Å²) in [6, 6.07) is 8.35. The van der Waals surface area contributed by atoms with Crippen LogP contribution in [-0.4, -0.2) is 50.8 Å². The van der Waals surface area contributed by atoms with E-state index < -0.39 is 0 Å². The molecule has 0 atom stereocenters. The first-order valence-electron chi connectivity index (χ1n) is 10.3. The van der Waals surface area contributed by atoms with Gasteiger partial charge >= 0.3 is 6.03 Å². The molecule has 2 N–H and O–H groups in total. The summed E-state index contributed by atoms with van der Waals surface area (Å²) < 4.78 is 15.3. The summed E-state index contributed by atoms with van der Waals surface area (Å²) in [5, 5.41) is 10.2. The van der Waals surface area contributed by atoms with Gasteiger partial charge in [-0.25, -0.2) is 14.2 Å². The van der Waals surface area contributed by atoms with E-state index in [1.165, 1.54) is 12.1 Å². The number of H-pyrrole nitrogens is 1. The number of aromatic amines is 1. The molecule has 3 rings (SSSR count). The van der Waals surface area contributed by atoms with Gasteiger partial charge in [0.05, 0.1) is 5.69 Å². The van der Waals surface area contributed by atoms with Crippen molar-refractivity contribution in [2.75, 3.05) is 20.1 Å². The number of aryl methyl sites for hydroxylation is 2. The summed E-state index contributed by atoms with van der Waals surface area (Å²) in [5.74, 6) is 0.694. The zero-order valence-corrected chi connectivity index (χ0v) is 17.6. The van der Waals surface area contributed by atoms with Gasteiger partial charge < -0.3 is 14.8 Å². The second-order valence-corrected chi connectivity index (χ2v) is 7.46. The molecule has 0 bridgehead atoms. The molecular weight excluding hydrogens is 383 g/mol. The molecule has 1 aromatic carbocycles. The number of rotatable bonds is 10. The third kappa shape index (κ3) is 6.17. The van der Waals surface area contributed by atoms with Crippen molar-refractivity contribution in [2.24, 2.45) is 7.05 Å². The first-order chi connectivity index (χ1) is 14.5. The van der Waals surface area contributed by atoms with Crippen LogP contribution >= 0.6 is 0 Å². The number of hydrogen-bond donors (Lipinski definition) is 2. The van der Waals surface area contributed by atoms with Crippen molar-refractivity contribution in [3.8, 4) is 11.3 Å². The molecule has 160 valence electrons. The molecule has 0 unspecified atom stereocenters.